The number of methoxy groups -OCH3 is 2. The number of hydrogen-bond donors (Lipinski definition) is 0. The lowest BCUT2D eigenvalue weighted by atomic mass is 10.2. The van der Waals surface area contributed by atoms with Crippen LogP contribution in [-0.4, -0.2) is 22.5 Å². The van der Waals surface area contributed by atoms with Crippen molar-refractivity contribution in [3.8, 4) is 5.75 Å². The molecule has 0 fully saturated rings. The zero-order chi connectivity index (χ0) is 15.6. The summed E-state index contributed by atoms with van der Waals surface area (Å²) in [5, 5.41) is 0.0136. The number of ether oxygens (including phenoxy) is 2. The van der Waals surface area contributed by atoms with Crippen molar-refractivity contribution < 1.29 is 18.3 Å². The fourth-order valence-electron chi connectivity index (χ4n) is 1.37. The summed E-state index contributed by atoms with van der Waals surface area (Å²) in [4.78, 5) is 12.1. The van der Waals surface area contributed by atoms with Gasteiger partial charge in [-0.1, -0.05) is 20.8 Å². The second kappa shape index (κ2) is 6.11. The molecule has 0 spiro atoms. The lowest BCUT2D eigenvalue weighted by molar-refractivity contribution is -0.118. The molecule has 20 heavy (non-hydrogen) atoms. The van der Waals surface area contributed by atoms with E-state index in [0.717, 1.165) is 0 Å². The normalized spacial score (nSPS) is 12.8. The maximum Gasteiger partial charge on any atom is 0.250 e. The highest BCUT2D eigenvalue weighted by Crippen LogP contribution is 2.36. The molecule has 1 rings (SSSR count). The van der Waals surface area contributed by atoms with Crippen LogP contribution in [0.3, 0.4) is 0 Å². The third-order valence-electron chi connectivity index (χ3n) is 3.65. The topological polar surface area (TPSA) is 57.9 Å². The van der Waals surface area contributed by atoms with Crippen molar-refractivity contribution in [2.75, 3.05) is 14.2 Å². The molecule has 0 bridgehead atoms. The van der Waals surface area contributed by atoms with Crippen LogP contribution in [0.15, 0.2) is 21.5 Å². The number of rotatable bonds is 5. The summed E-state index contributed by atoms with van der Waals surface area (Å²) in [5.74, 6) is 0.564. The predicted molar refractivity (Wildman–Crippen MR) is 79.6 cm³/mol. The molecule has 0 saturated heterocycles. The SMILES string of the molecule is COC(OC)c1cc(=O)c(O[Si](C)(C)C(C)(C)C)co1. The summed E-state index contributed by atoms with van der Waals surface area (Å²) in [6.07, 6.45) is 0.646. The van der Waals surface area contributed by atoms with E-state index in [2.05, 4.69) is 33.9 Å². The van der Waals surface area contributed by atoms with Gasteiger partial charge in [0.25, 0.3) is 8.32 Å². The Balaban J connectivity index is 3.04. The van der Waals surface area contributed by atoms with Gasteiger partial charge in [0.05, 0.1) is 0 Å². The molecule has 0 unspecified atom stereocenters. The molecule has 0 radical (unpaired) electrons. The number of hydrogen-bond acceptors (Lipinski definition) is 5. The van der Waals surface area contributed by atoms with Gasteiger partial charge in [0, 0.05) is 20.3 Å². The molecule has 1 aromatic heterocycles. The third kappa shape index (κ3) is 3.71. The van der Waals surface area contributed by atoms with Crippen LogP contribution in [0.2, 0.25) is 18.1 Å². The molecule has 0 N–H and O–H groups in total. The molecule has 1 aromatic rings. The molecule has 6 heteroatoms. The van der Waals surface area contributed by atoms with Crippen molar-refractivity contribution in [3.05, 3.63) is 28.3 Å². The summed E-state index contributed by atoms with van der Waals surface area (Å²) in [5.41, 5.74) is -0.227. The molecule has 0 amide bonds. The Bertz CT molecular complexity index is 497. The van der Waals surface area contributed by atoms with Gasteiger partial charge in [-0.25, -0.2) is 0 Å². The van der Waals surface area contributed by atoms with E-state index in [9.17, 15) is 4.79 Å². The largest absolute Gasteiger partial charge is 0.539 e. The van der Waals surface area contributed by atoms with E-state index in [1.165, 1.54) is 26.5 Å². The lowest BCUT2D eigenvalue weighted by Gasteiger charge is -2.35. The van der Waals surface area contributed by atoms with E-state index in [1.54, 1.807) is 0 Å². The van der Waals surface area contributed by atoms with Crippen LogP contribution in [-0.2, 0) is 9.47 Å². The van der Waals surface area contributed by atoms with Crippen LogP contribution in [0.1, 0.15) is 32.8 Å². The van der Waals surface area contributed by atoms with Crippen LogP contribution in [0.25, 0.3) is 0 Å². The minimum absolute atomic E-state index is 0.0136. The van der Waals surface area contributed by atoms with Crippen LogP contribution in [0, 0.1) is 0 Å². The monoisotopic (exact) mass is 300 g/mol. The smallest absolute Gasteiger partial charge is 0.250 e. The van der Waals surface area contributed by atoms with E-state index in [1.807, 2.05) is 0 Å². The molecule has 0 aliphatic heterocycles. The minimum atomic E-state index is -2.06. The molecular formula is C14H24O5Si. The zero-order valence-electron chi connectivity index (χ0n) is 13.3. The van der Waals surface area contributed by atoms with Crippen LogP contribution < -0.4 is 9.85 Å². The van der Waals surface area contributed by atoms with Crippen molar-refractivity contribution in [2.45, 2.75) is 45.2 Å². The molecule has 5 nitrogen and oxygen atoms in total. The van der Waals surface area contributed by atoms with Gasteiger partial charge in [-0.15, -0.1) is 0 Å². The van der Waals surface area contributed by atoms with E-state index in [0.29, 0.717) is 5.76 Å². The summed E-state index contributed by atoms with van der Waals surface area (Å²) >= 11 is 0. The van der Waals surface area contributed by atoms with Crippen molar-refractivity contribution in [1.29, 1.82) is 0 Å². The van der Waals surface area contributed by atoms with E-state index in [-0.39, 0.29) is 16.2 Å². The maximum atomic E-state index is 12.1. The fraction of sp³-hybridized carbons (Fsp3) is 0.643. The van der Waals surface area contributed by atoms with Gasteiger partial charge in [0.15, 0.2) is 11.5 Å². The van der Waals surface area contributed by atoms with Crippen molar-refractivity contribution in [2.24, 2.45) is 0 Å². The van der Waals surface area contributed by atoms with Crippen molar-refractivity contribution in [3.63, 3.8) is 0 Å². The molecule has 1 heterocycles. The van der Waals surface area contributed by atoms with Crippen LogP contribution in [0.4, 0.5) is 0 Å². The average Bonchev–Trinajstić information content (AvgIpc) is 2.32. The summed E-state index contributed by atoms with van der Waals surface area (Å²) in [7, 11) is 0.900. The maximum absolute atomic E-state index is 12.1. The first-order valence-electron chi connectivity index (χ1n) is 6.49. The standard InChI is InChI=1S/C14H24O5Si/c1-14(2,3)20(6,7)19-12-9-18-11(8-10(12)15)13(16-4)17-5/h8-9,13H,1-7H3. The highest BCUT2D eigenvalue weighted by molar-refractivity contribution is 6.74. The van der Waals surface area contributed by atoms with E-state index in [4.69, 9.17) is 18.3 Å². The summed E-state index contributed by atoms with van der Waals surface area (Å²) < 4.78 is 21.4. The first-order chi connectivity index (χ1) is 9.12. The highest BCUT2D eigenvalue weighted by atomic mass is 28.4. The molecular weight excluding hydrogens is 276 g/mol. The molecule has 0 aliphatic carbocycles. The first-order valence-corrected chi connectivity index (χ1v) is 9.40. The molecule has 0 aliphatic rings. The molecule has 0 atom stereocenters. The van der Waals surface area contributed by atoms with Crippen LogP contribution in [0.5, 0.6) is 5.75 Å². The third-order valence-corrected chi connectivity index (χ3v) is 7.99. The Kier molecular flexibility index (Phi) is 5.18. The predicted octanol–water partition coefficient (Wildman–Crippen LogP) is 3.32. The Morgan fingerprint density at radius 1 is 1.20 bits per heavy atom. The Hall–Kier alpha value is -1.11. The molecule has 0 saturated carbocycles. The molecule has 0 aromatic carbocycles. The van der Waals surface area contributed by atoms with Crippen molar-refractivity contribution >= 4 is 8.32 Å². The first kappa shape index (κ1) is 16.9. The zero-order valence-corrected chi connectivity index (χ0v) is 14.3. The van der Waals surface area contributed by atoms with Gasteiger partial charge in [0.2, 0.25) is 11.7 Å². The second-order valence-corrected chi connectivity index (χ2v) is 10.9. The van der Waals surface area contributed by atoms with Gasteiger partial charge in [-0.2, -0.15) is 0 Å². The van der Waals surface area contributed by atoms with Gasteiger partial charge in [0.1, 0.15) is 6.26 Å². The van der Waals surface area contributed by atoms with Crippen LogP contribution >= 0.6 is 0 Å². The lowest BCUT2D eigenvalue weighted by Crippen LogP contribution is -2.44. The second-order valence-electron chi connectivity index (χ2n) is 6.18. The minimum Gasteiger partial charge on any atom is -0.539 e. The summed E-state index contributed by atoms with van der Waals surface area (Å²) in [6.45, 7) is 10.5. The van der Waals surface area contributed by atoms with Gasteiger partial charge >= 0.3 is 0 Å². The molecule has 114 valence electrons. The Morgan fingerprint density at radius 2 is 1.75 bits per heavy atom. The average molecular weight is 300 g/mol. The van der Waals surface area contributed by atoms with E-state index < -0.39 is 14.6 Å². The van der Waals surface area contributed by atoms with Crippen molar-refractivity contribution in [1.82, 2.24) is 0 Å². The van der Waals surface area contributed by atoms with Gasteiger partial charge < -0.3 is 18.3 Å². The Labute approximate surface area is 121 Å². The summed E-state index contributed by atoms with van der Waals surface area (Å²) in [6, 6.07) is 1.35. The van der Waals surface area contributed by atoms with E-state index >= 15 is 0 Å². The van der Waals surface area contributed by atoms with Gasteiger partial charge in [-0.3, -0.25) is 4.79 Å². The van der Waals surface area contributed by atoms with Gasteiger partial charge in [-0.05, 0) is 18.1 Å². The highest BCUT2D eigenvalue weighted by Gasteiger charge is 2.39. The fourth-order valence-corrected chi connectivity index (χ4v) is 2.37. The quantitative estimate of drug-likeness (QED) is 0.617. The Morgan fingerprint density at radius 3 is 2.15 bits per heavy atom.